The maximum atomic E-state index is 10.8. The summed E-state index contributed by atoms with van der Waals surface area (Å²) in [4.78, 5) is 10.4. The van der Waals surface area contributed by atoms with Gasteiger partial charge >= 0.3 is 0 Å². The summed E-state index contributed by atoms with van der Waals surface area (Å²) in [5, 5.41) is 14.0. The van der Waals surface area contributed by atoms with Gasteiger partial charge in [-0.15, -0.1) is 0 Å². The van der Waals surface area contributed by atoms with Gasteiger partial charge in [-0.1, -0.05) is 30.3 Å². The Kier molecular flexibility index (Phi) is 3.94. The Morgan fingerprint density at radius 2 is 1.89 bits per heavy atom. The average molecular weight is 307 g/mol. The predicted molar refractivity (Wildman–Crippen MR) is 74.6 cm³/mol. The van der Waals surface area contributed by atoms with E-state index in [0.717, 1.165) is 11.3 Å². The van der Waals surface area contributed by atoms with Crippen LogP contribution in [0.25, 0.3) is 0 Å². The van der Waals surface area contributed by atoms with Crippen LogP contribution in [0.15, 0.2) is 53.0 Å². The third kappa shape index (κ3) is 3.07. The Morgan fingerprint density at radius 1 is 1.17 bits per heavy atom. The lowest BCUT2D eigenvalue weighted by atomic mass is 10.2. The van der Waals surface area contributed by atoms with Crippen LogP contribution >= 0.6 is 15.9 Å². The Bertz CT molecular complexity index is 558. The van der Waals surface area contributed by atoms with E-state index in [4.69, 9.17) is 0 Å². The van der Waals surface area contributed by atoms with Crippen LogP contribution in [0.4, 0.5) is 11.4 Å². The van der Waals surface area contributed by atoms with Crippen molar-refractivity contribution in [3.8, 4) is 0 Å². The zero-order chi connectivity index (χ0) is 13.0. The van der Waals surface area contributed by atoms with E-state index in [1.54, 1.807) is 12.1 Å². The van der Waals surface area contributed by atoms with E-state index in [-0.39, 0.29) is 5.69 Å². The van der Waals surface area contributed by atoms with Crippen molar-refractivity contribution in [2.24, 2.45) is 0 Å². The monoisotopic (exact) mass is 306 g/mol. The van der Waals surface area contributed by atoms with E-state index >= 15 is 0 Å². The number of benzene rings is 2. The summed E-state index contributed by atoms with van der Waals surface area (Å²) >= 11 is 3.16. The molecule has 2 rings (SSSR count). The lowest BCUT2D eigenvalue weighted by molar-refractivity contribution is -0.385. The molecule has 0 aromatic heterocycles. The first kappa shape index (κ1) is 12.6. The number of anilines is 1. The van der Waals surface area contributed by atoms with E-state index in [0.29, 0.717) is 11.0 Å². The van der Waals surface area contributed by atoms with Crippen molar-refractivity contribution >= 4 is 27.3 Å². The molecule has 0 saturated heterocycles. The number of nitro benzene ring substituents is 1. The zero-order valence-electron chi connectivity index (χ0n) is 9.47. The molecule has 0 saturated carbocycles. The molecule has 0 heterocycles. The summed E-state index contributed by atoms with van der Waals surface area (Å²) in [5.74, 6) is 0. The fourth-order valence-corrected chi connectivity index (χ4v) is 1.95. The van der Waals surface area contributed by atoms with Gasteiger partial charge in [-0.25, -0.2) is 0 Å². The summed E-state index contributed by atoms with van der Waals surface area (Å²) in [6, 6.07) is 14.9. The number of rotatable bonds is 4. The second-order valence-corrected chi connectivity index (χ2v) is 4.62. The van der Waals surface area contributed by atoms with Crippen LogP contribution in [0.3, 0.4) is 0 Å². The van der Waals surface area contributed by atoms with Crippen LogP contribution in [-0.4, -0.2) is 4.92 Å². The molecule has 0 aliphatic carbocycles. The molecule has 92 valence electrons. The molecule has 0 spiro atoms. The van der Waals surface area contributed by atoms with Crippen molar-refractivity contribution in [3.05, 3.63) is 68.7 Å². The van der Waals surface area contributed by atoms with E-state index in [2.05, 4.69) is 21.2 Å². The van der Waals surface area contributed by atoms with Crippen molar-refractivity contribution in [1.29, 1.82) is 0 Å². The topological polar surface area (TPSA) is 55.2 Å². The normalized spacial score (nSPS) is 10.1. The Labute approximate surface area is 113 Å². The maximum Gasteiger partial charge on any atom is 0.285 e. The molecule has 0 radical (unpaired) electrons. The molecule has 5 heteroatoms. The number of hydrogen-bond donors (Lipinski definition) is 1. The molecule has 0 aliphatic rings. The molecular weight excluding hydrogens is 296 g/mol. The first-order chi connectivity index (χ1) is 8.66. The summed E-state index contributed by atoms with van der Waals surface area (Å²) in [6.45, 7) is 0.639. The molecule has 2 aromatic carbocycles. The van der Waals surface area contributed by atoms with Crippen molar-refractivity contribution in [2.75, 3.05) is 5.32 Å². The lowest BCUT2D eigenvalue weighted by Gasteiger charge is -2.06. The lowest BCUT2D eigenvalue weighted by Crippen LogP contribution is -2.00. The predicted octanol–water partition coefficient (Wildman–Crippen LogP) is 3.97. The SMILES string of the molecule is O=[N+]([O-])c1cc(NCc2ccccc2)ccc1Br. The van der Waals surface area contributed by atoms with Gasteiger partial charge in [-0.2, -0.15) is 0 Å². The van der Waals surface area contributed by atoms with E-state index < -0.39 is 4.92 Å². The highest BCUT2D eigenvalue weighted by Crippen LogP contribution is 2.27. The van der Waals surface area contributed by atoms with Crippen LogP contribution in [0, 0.1) is 10.1 Å². The van der Waals surface area contributed by atoms with E-state index in [1.165, 1.54) is 6.07 Å². The number of halogens is 1. The van der Waals surface area contributed by atoms with Gasteiger partial charge in [0, 0.05) is 18.3 Å². The fourth-order valence-electron chi connectivity index (χ4n) is 1.56. The van der Waals surface area contributed by atoms with Gasteiger partial charge in [0.2, 0.25) is 0 Å². The Balaban J connectivity index is 2.11. The number of nitrogens with zero attached hydrogens (tertiary/aromatic N) is 1. The van der Waals surface area contributed by atoms with Gasteiger partial charge < -0.3 is 5.32 Å². The summed E-state index contributed by atoms with van der Waals surface area (Å²) in [6.07, 6.45) is 0. The Hall–Kier alpha value is -1.88. The van der Waals surface area contributed by atoms with Crippen molar-refractivity contribution < 1.29 is 4.92 Å². The molecule has 0 amide bonds. The highest BCUT2D eigenvalue weighted by molar-refractivity contribution is 9.10. The minimum atomic E-state index is -0.405. The summed E-state index contributed by atoms with van der Waals surface area (Å²) in [7, 11) is 0. The number of nitro groups is 1. The minimum Gasteiger partial charge on any atom is -0.381 e. The standard InChI is InChI=1S/C13H11BrN2O2/c14-12-7-6-11(8-13(12)16(17)18)15-9-10-4-2-1-3-5-10/h1-8,15H,9H2. The molecule has 0 aliphatic heterocycles. The van der Waals surface area contributed by atoms with Crippen molar-refractivity contribution in [3.63, 3.8) is 0 Å². The third-order valence-corrected chi connectivity index (χ3v) is 3.15. The molecule has 0 atom stereocenters. The van der Waals surface area contributed by atoms with Crippen LogP contribution < -0.4 is 5.32 Å². The second kappa shape index (κ2) is 5.64. The molecule has 2 aromatic rings. The average Bonchev–Trinajstić information content (AvgIpc) is 2.38. The summed E-state index contributed by atoms with van der Waals surface area (Å²) in [5.41, 5.74) is 1.92. The van der Waals surface area contributed by atoms with Gasteiger partial charge in [0.1, 0.15) is 0 Å². The quantitative estimate of drug-likeness (QED) is 0.687. The van der Waals surface area contributed by atoms with E-state index in [1.807, 2.05) is 30.3 Å². The smallest absolute Gasteiger partial charge is 0.285 e. The zero-order valence-corrected chi connectivity index (χ0v) is 11.1. The van der Waals surface area contributed by atoms with Crippen molar-refractivity contribution in [2.45, 2.75) is 6.54 Å². The van der Waals surface area contributed by atoms with Gasteiger partial charge in [-0.05, 0) is 33.6 Å². The highest BCUT2D eigenvalue weighted by Gasteiger charge is 2.11. The van der Waals surface area contributed by atoms with Crippen LogP contribution in [0.2, 0.25) is 0 Å². The first-order valence-electron chi connectivity index (χ1n) is 5.38. The minimum absolute atomic E-state index is 0.0630. The number of hydrogen-bond acceptors (Lipinski definition) is 3. The van der Waals surface area contributed by atoms with Gasteiger partial charge in [0.25, 0.3) is 5.69 Å². The van der Waals surface area contributed by atoms with Crippen LogP contribution in [0.5, 0.6) is 0 Å². The van der Waals surface area contributed by atoms with Crippen molar-refractivity contribution in [1.82, 2.24) is 0 Å². The molecule has 4 nitrogen and oxygen atoms in total. The first-order valence-corrected chi connectivity index (χ1v) is 6.18. The molecule has 1 N–H and O–H groups in total. The molecule has 0 unspecified atom stereocenters. The van der Waals surface area contributed by atoms with Gasteiger partial charge in [-0.3, -0.25) is 10.1 Å². The van der Waals surface area contributed by atoms with E-state index in [9.17, 15) is 10.1 Å². The fraction of sp³-hybridized carbons (Fsp3) is 0.0769. The molecule has 18 heavy (non-hydrogen) atoms. The summed E-state index contributed by atoms with van der Waals surface area (Å²) < 4.78 is 0.484. The highest BCUT2D eigenvalue weighted by atomic mass is 79.9. The molecule has 0 bridgehead atoms. The maximum absolute atomic E-state index is 10.8. The Morgan fingerprint density at radius 3 is 2.56 bits per heavy atom. The largest absolute Gasteiger partial charge is 0.381 e. The van der Waals surface area contributed by atoms with Crippen LogP contribution in [0.1, 0.15) is 5.56 Å². The van der Waals surface area contributed by atoms with Gasteiger partial charge in [0.15, 0.2) is 0 Å². The number of nitrogens with one attached hydrogen (secondary N) is 1. The third-order valence-electron chi connectivity index (χ3n) is 2.48. The molecule has 0 fully saturated rings. The van der Waals surface area contributed by atoms with Gasteiger partial charge in [0.05, 0.1) is 9.40 Å². The molecular formula is C13H11BrN2O2. The second-order valence-electron chi connectivity index (χ2n) is 3.76. The van der Waals surface area contributed by atoms with Crippen LogP contribution in [-0.2, 0) is 6.54 Å².